The molecule has 1 aliphatic carbocycles. The van der Waals surface area contributed by atoms with E-state index < -0.39 is 0 Å². The predicted molar refractivity (Wildman–Crippen MR) is 121 cm³/mol. The van der Waals surface area contributed by atoms with Crippen LogP contribution in [0.1, 0.15) is 19.3 Å². The van der Waals surface area contributed by atoms with E-state index in [4.69, 9.17) is 10.7 Å². The number of anilines is 1. The second kappa shape index (κ2) is 10.8. The Morgan fingerprint density at radius 3 is 2.45 bits per heavy atom. The van der Waals surface area contributed by atoms with Gasteiger partial charge in [-0.05, 0) is 31.4 Å². The number of aromatic nitrogens is 2. The smallest absolute Gasteiger partial charge is 0.226 e. The van der Waals surface area contributed by atoms with E-state index in [2.05, 4.69) is 9.88 Å². The molecule has 1 aromatic carbocycles. The lowest BCUT2D eigenvalue weighted by Crippen LogP contribution is -2.51. The molecule has 2 fully saturated rings. The van der Waals surface area contributed by atoms with Crippen molar-refractivity contribution in [3.63, 3.8) is 0 Å². The Bertz CT molecular complexity index is 784. The third kappa shape index (κ3) is 5.18. The van der Waals surface area contributed by atoms with Gasteiger partial charge in [0, 0.05) is 43.9 Å². The van der Waals surface area contributed by atoms with Crippen molar-refractivity contribution < 1.29 is 4.79 Å². The Balaban J connectivity index is 0.00000150. The summed E-state index contributed by atoms with van der Waals surface area (Å²) in [7, 11) is 0. The Labute approximate surface area is 184 Å². The van der Waals surface area contributed by atoms with Gasteiger partial charge in [0.1, 0.15) is 5.82 Å². The first kappa shape index (κ1) is 23.4. The quantitative estimate of drug-likeness (QED) is 0.795. The Hall–Kier alpha value is -1.89. The molecule has 1 saturated carbocycles. The first-order chi connectivity index (χ1) is 13.3. The molecule has 158 valence electrons. The van der Waals surface area contributed by atoms with Crippen LogP contribution < -0.4 is 10.6 Å². The molecular weight excluding hydrogens is 409 g/mol. The van der Waals surface area contributed by atoms with Gasteiger partial charge in [0.25, 0.3) is 0 Å². The Morgan fingerprint density at radius 2 is 1.76 bits per heavy atom. The molecule has 2 heterocycles. The number of nitrogens with zero attached hydrogens (tertiary/aromatic N) is 4. The fourth-order valence-corrected chi connectivity index (χ4v) is 4.29. The van der Waals surface area contributed by atoms with E-state index in [0.717, 1.165) is 62.6 Å². The molecule has 1 amide bonds. The first-order valence-corrected chi connectivity index (χ1v) is 9.88. The molecule has 2 aliphatic rings. The molecule has 6 nitrogen and oxygen atoms in total. The van der Waals surface area contributed by atoms with Crippen molar-refractivity contribution in [3.05, 3.63) is 42.6 Å². The maximum Gasteiger partial charge on any atom is 0.226 e. The summed E-state index contributed by atoms with van der Waals surface area (Å²) in [6.45, 7) is 3.72. The number of nitrogens with two attached hydrogens (primary N) is 1. The van der Waals surface area contributed by atoms with Crippen LogP contribution >= 0.6 is 24.8 Å². The maximum absolute atomic E-state index is 12.9. The van der Waals surface area contributed by atoms with Crippen LogP contribution in [0.2, 0.25) is 0 Å². The average molecular weight is 438 g/mol. The van der Waals surface area contributed by atoms with Gasteiger partial charge >= 0.3 is 0 Å². The number of carbonyl (C=O) groups excluding carboxylic acids is 1. The van der Waals surface area contributed by atoms with Gasteiger partial charge in [-0.15, -0.1) is 24.8 Å². The summed E-state index contributed by atoms with van der Waals surface area (Å²) in [6.07, 6.45) is 5.03. The van der Waals surface area contributed by atoms with Crippen molar-refractivity contribution in [2.24, 2.45) is 17.6 Å². The maximum atomic E-state index is 12.9. The number of rotatable bonds is 4. The van der Waals surface area contributed by atoms with Crippen LogP contribution in [0.15, 0.2) is 42.6 Å². The summed E-state index contributed by atoms with van der Waals surface area (Å²) >= 11 is 0. The van der Waals surface area contributed by atoms with Gasteiger partial charge in [-0.1, -0.05) is 36.8 Å². The molecule has 8 heteroatoms. The second-order valence-electron chi connectivity index (χ2n) is 7.45. The normalized spacial score (nSPS) is 21.3. The van der Waals surface area contributed by atoms with E-state index >= 15 is 0 Å². The van der Waals surface area contributed by atoms with Crippen LogP contribution in [0.4, 0.5) is 5.82 Å². The van der Waals surface area contributed by atoms with E-state index in [1.165, 1.54) is 0 Å². The van der Waals surface area contributed by atoms with Crippen LogP contribution in [0.25, 0.3) is 11.4 Å². The molecule has 0 radical (unpaired) electrons. The van der Waals surface area contributed by atoms with Crippen molar-refractivity contribution >= 4 is 36.5 Å². The minimum atomic E-state index is 0. The van der Waals surface area contributed by atoms with Crippen molar-refractivity contribution in [3.8, 4) is 11.4 Å². The minimum Gasteiger partial charge on any atom is -0.353 e. The summed E-state index contributed by atoms with van der Waals surface area (Å²) < 4.78 is 0. The molecular formula is C21H29Cl2N5O. The van der Waals surface area contributed by atoms with Crippen LogP contribution in [0.3, 0.4) is 0 Å². The fourth-order valence-electron chi connectivity index (χ4n) is 4.29. The summed E-state index contributed by atoms with van der Waals surface area (Å²) in [5, 5.41) is 0. The highest BCUT2D eigenvalue weighted by Crippen LogP contribution is 2.32. The van der Waals surface area contributed by atoms with Crippen molar-refractivity contribution in [1.82, 2.24) is 14.9 Å². The van der Waals surface area contributed by atoms with E-state index in [1.807, 2.05) is 47.5 Å². The lowest BCUT2D eigenvalue weighted by atomic mass is 9.94. The summed E-state index contributed by atoms with van der Waals surface area (Å²) in [5.74, 6) is 2.46. The summed E-state index contributed by atoms with van der Waals surface area (Å²) in [6, 6.07) is 12.0. The molecule has 1 aliphatic heterocycles. The number of hydrogen-bond acceptors (Lipinski definition) is 5. The van der Waals surface area contributed by atoms with E-state index in [0.29, 0.717) is 18.4 Å². The zero-order valence-electron chi connectivity index (χ0n) is 16.4. The number of hydrogen-bond donors (Lipinski definition) is 1. The highest BCUT2D eigenvalue weighted by molar-refractivity contribution is 5.85. The number of halogens is 2. The number of piperazine rings is 1. The minimum absolute atomic E-state index is 0. The summed E-state index contributed by atoms with van der Waals surface area (Å²) in [5.41, 5.74) is 6.87. The first-order valence-electron chi connectivity index (χ1n) is 9.88. The number of benzene rings is 1. The summed E-state index contributed by atoms with van der Waals surface area (Å²) in [4.78, 5) is 26.3. The topological polar surface area (TPSA) is 75.4 Å². The predicted octanol–water partition coefficient (Wildman–Crippen LogP) is 3.01. The average Bonchev–Trinajstić information content (AvgIpc) is 3.23. The molecule has 0 spiro atoms. The largest absolute Gasteiger partial charge is 0.353 e. The van der Waals surface area contributed by atoms with Crippen LogP contribution in [-0.4, -0.2) is 53.5 Å². The SMILES string of the molecule is Cl.Cl.NC[C@H]1CCC[C@H]1C(=O)N1CCN(c2ccnc(-c3ccccc3)n2)CC1. The zero-order chi connectivity index (χ0) is 18.6. The van der Waals surface area contributed by atoms with Gasteiger partial charge in [0.2, 0.25) is 5.91 Å². The molecule has 29 heavy (non-hydrogen) atoms. The van der Waals surface area contributed by atoms with E-state index in [9.17, 15) is 4.79 Å². The molecule has 1 saturated heterocycles. The third-order valence-corrected chi connectivity index (χ3v) is 5.87. The molecule has 2 aromatic rings. The lowest BCUT2D eigenvalue weighted by molar-refractivity contribution is -0.136. The van der Waals surface area contributed by atoms with Gasteiger partial charge in [0.15, 0.2) is 5.82 Å². The number of amides is 1. The van der Waals surface area contributed by atoms with Gasteiger partial charge in [-0.2, -0.15) is 0 Å². The molecule has 4 rings (SSSR count). The van der Waals surface area contributed by atoms with Crippen LogP contribution in [0, 0.1) is 11.8 Å². The van der Waals surface area contributed by atoms with Crippen LogP contribution in [-0.2, 0) is 4.79 Å². The van der Waals surface area contributed by atoms with Crippen LogP contribution in [0.5, 0.6) is 0 Å². The fraction of sp³-hybridized carbons (Fsp3) is 0.476. The van der Waals surface area contributed by atoms with Crippen molar-refractivity contribution in [1.29, 1.82) is 0 Å². The molecule has 2 atom stereocenters. The van der Waals surface area contributed by atoms with E-state index in [1.54, 1.807) is 0 Å². The third-order valence-electron chi connectivity index (χ3n) is 5.87. The van der Waals surface area contributed by atoms with E-state index in [-0.39, 0.29) is 30.7 Å². The lowest BCUT2D eigenvalue weighted by Gasteiger charge is -2.37. The molecule has 0 unspecified atom stereocenters. The van der Waals surface area contributed by atoms with Gasteiger partial charge < -0.3 is 15.5 Å². The van der Waals surface area contributed by atoms with Gasteiger partial charge in [-0.25, -0.2) is 9.97 Å². The van der Waals surface area contributed by atoms with Crippen molar-refractivity contribution in [2.75, 3.05) is 37.6 Å². The molecule has 1 aromatic heterocycles. The number of carbonyl (C=O) groups is 1. The molecule has 2 N–H and O–H groups in total. The zero-order valence-corrected chi connectivity index (χ0v) is 18.1. The highest BCUT2D eigenvalue weighted by atomic mass is 35.5. The molecule has 0 bridgehead atoms. The Morgan fingerprint density at radius 1 is 1.03 bits per heavy atom. The van der Waals surface area contributed by atoms with Gasteiger partial charge in [-0.3, -0.25) is 4.79 Å². The standard InChI is InChI=1S/C21H27N5O.2ClH/c22-15-17-7-4-8-18(17)21(27)26-13-11-25(12-14-26)19-9-10-23-20(24-19)16-5-2-1-3-6-16;;/h1-3,5-6,9-10,17-18H,4,7-8,11-15,22H2;2*1H/t17-,18-;;/m1../s1. The monoisotopic (exact) mass is 437 g/mol. The Kier molecular flexibility index (Phi) is 8.68. The van der Waals surface area contributed by atoms with Gasteiger partial charge in [0.05, 0.1) is 0 Å². The van der Waals surface area contributed by atoms with Crippen molar-refractivity contribution in [2.45, 2.75) is 19.3 Å². The highest BCUT2D eigenvalue weighted by Gasteiger charge is 2.35. The second-order valence-corrected chi connectivity index (χ2v) is 7.45.